The van der Waals surface area contributed by atoms with Gasteiger partial charge in [0.15, 0.2) is 11.7 Å². The molecule has 0 aliphatic carbocycles. The fraction of sp³-hybridized carbons (Fsp3) is 0.500. The molecule has 4 rings (SSSR count). The normalized spacial score (nSPS) is 25.1. The Kier molecular flexibility index (Phi) is 4.81. The summed E-state index contributed by atoms with van der Waals surface area (Å²) >= 11 is 0. The maximum atomic E-state index is 13.8. The number of halogens is 3. The van der Waals surface area contributed by atoms with Crippen molar-refractivity contribution in [3.63, 3.8) is 0 Å². The number of anilines is 1. The SMILES string of the molecule is C[C@H]1CCCCN1C(=O)c1cc2n(n1)[C@@H](C(F)(F)F)C[C@@H](c1ccccc1)N2. The zero-order valence-electron chi connectivity index (χ0n) is 15.6. The summed E-state index contributed by atoms with van der Waals surface area (Å²) in [4.78, 5) is 14.6. The van der Waals surface area contributed by atoms with Gasteiger partial charge in [0.1, 0.15) is 5.82 Å². The zero-order chi connectivity index (χ0) is 19.9. The summed E-state index contributed by atoms with van der Waals surface area (Å²) < 4.78 is 42.2. The smallest absolute Gasteiger partial charge is 0.363 e. The minimum absolute atomic E-state index is 0.0687. The van der Waals surface area contributed by atoms with Gasteiger partial charge in [0.05, 0.1) is 6.04 Å². The van der Waals surface area contributed by atoms with Crippen LogP contribution < -0.4 is 5.32 Å². The molecule has 0 unspecified atom stereocenters. The number of amides is 1. The molecule has 150 valence electrons. The van der Waals surface area contributed by atoms with E-state index in [1.165, 1.54) is 6.07 Å². The van der Waals surface area contributed by atoms with Crippen molar-refractivity contribution in [2.75, 3.05) is 11.9 Å². The van der Waals surface area contributed by atoms with Crippen LogP contribution in [0.2, 0.25) is 0 Å². The lowest BCUT2D eigenvalue weighted by Gasteiger charge is -2.33. The van der Waals surface area contributed by atoms with Gasteiger partial charge in [-0.1, -0.05) is 30.3 Å². The van der Waals surface area contributed by atoms with Crippen molar-refractivity contribution in [3.05, 3.63) is 47.7 Å². The van der Waals surface area contributed by atoms with Crippen LogP contribution in [0.25, 0.3) is 0 Å². The number of aromatic nitrogens is 2. The van der Waals surface area contributed by atoms with Crippen molar-refractivity contribution < 1.29 is 18.0 Å². The third-order valence-corrected chi connectivity index (χ3v) is 5.67. The maximum Gasteiger partial charge on any atom is 0.410 e. The summed E-state index contributed by atoms with van der Waals surface area (Å²) in [6.45, 7) is 2.58. The zero-order valence-corrected chi connectivity index (χ0v) is 15.6. The highest BCUT2D eigenvalue weighted by atomic mass is 19.4. The molecule has 0 saturated carbocycles. The molecule has 0 spiro atoms. The minimum atomic E-state index is -4.45. The van der Waals surface area contributed by atoms with Crippen molar-refractivity contribution in [2.24, 2.45) is 0 Å². The van der Waals surface area contributed by atoms with Crippen LogP contribution in [-0.2, 0) is 0 Å². The highest BCUT2D eigenvalue weighted by Gasteiger charge is 2.47. The van der Waals surface area contributed by atoms with Crippen LogP contribution in [-0.4, -0.2) is 39.4 Å². The Morgan fingerprint density at radius 1 is 1.21 bits per heavy atom. The first-order valence-corrected chi connectivity index (χ1v) is 9.63. The van der Waals surface area contributed by atoms with Gasteiger partial charge in [-0.05, 0) is 31.7 Å². The fourth-order valence-corrected chi connectivity index (χ4v) is 4.13. The lowest BCUT2D eigenvalue weighted by Crippen LogP contribution is -2.42. The van der Waals surface area contributed by atoms with E-state index >= 15 is 0 Å². The van der Waals surface area contributed by atoms with Gasteiger partial charge >= 0.3 is 6.18 Å². The number of alkyl halides is 3. The third-order valence-electron chi connectivity index (χ3n) is 5.67. The second kappa shape index (κ2) is 7.14. The van der Waals surface area contributed by atoms with Crippen molar-refractivity contribution in [2.45, 2.75) is 56.9 Å². The summed E-state index contributed by atoms with van der Waals surface area (Å²) in [6, 6.07) is 8.31. The second-order valence-corrected chi connectivity index (χ2v) is 7.60. The number of piperidine rings is 1. The Balaban J connectivity index is 1.67. The number of fused-ring (bicyclic) bond motifs is 1. The van der Waals surface area contributed by atoms with Crippen LogP contribution in [0.15, 0.2) is 36.4 Å². The van der Waals surface area contributed by atoms with Gasteiger partial charge in [-0.3, -0.25) is 4.79 Å². The summed E-state index contributed by atoms with van der Waals surface area (Å²) in [7, 11) is 0. The van der Waals surface area contributed by atoms with Gasteiger partial charge in [0.2, 0.25) is 0 Å². The predicted molar refractivity (Wildman–Crippen MR) is 99.1 cm³/mol. The van der Waals surface area contributed by atoms with Gasteiger partial charge < -0.3 is 10.2 Å². The molecular formula is C20H23F3N4O. The van der Waals surface area contributed by atoms with E-state index < -0.39 is 18.3 Å². The lowest BCUT2D eigenvalue weighted by molar-refractivity contribution is -0.173. The van der Waals surface area contributed by atoms with E-state index in [0.717, 1.165) is 29.5 Å². The molecule has 0 bridgehead atoms. The number of rotatable bonds is 2. The summed E-state index contributed by atoms with van der Waals surface area (Å²) in [6.07, 6.45) is -1.76. The van der Waals surface area contributed by atoms with E-state index in [2.05, 4.69) is 10.4 Å². The molecule has 1 saturated heterocycles. The first-order valence-electron chi connectivity index (χ1n) is 9.63. The quantitative estimate of drug-likeness (QED) is 0.815. The van der Waals surface area contributed by atoms with Crippen LogP contribution in [0.1, 0.15) is 60.7 Å². The Morgan fingerprint density at radius 2 is 1.96 bits per heavy atom. The largest absolute Gasteiger partial charge is 0.410 e. The van der Waals surface area contributed by atoms with E-state index in [1.807, 2.05) is 13.0 Å². The molecule has 2 aliphatic rings. The molecule has 1 aromatic heterocycles. The number of benzene rings is 1. The molecule has 5 nitrogen and oxygen atoms in total. The molecule has 2 aliphatic heterocycles. The standard InChI is InChI=1S/C20H23F3N4O/c1-13-7-5-6-10-26(13)19(28)16-12-18-24-15(14-8-3-2-4-9-14)11-17(20(21,22)23)27(18)25-16/h2-4,8-9,12-13,15,17,24H,5-7,10-11H2,1H3/t13-,15-,17+/m0/s1. The molecule has 2 aromatic rings. The molecule has 3 atom stereocenters. The number of carbonyl (C=O) groups is 1. The predicted octanol–water partition coefficient (Wildman–Crippen LogP) is 4.56. The van der Waals surface area contributed by atoms with Gasteiger partial charge in [0, 0.05) is 25.1 Å². The average molecular weight is 392 g/mol. The van der Waals surface area contributed by atoms with Crippen LogP contribution >= 0.6 is 0 Å². The van der Waals surface area contributed by atoms with Gasteiger partial charge in [0.25, 0.3) is 5.91 Å². The molecule has 1 aromatic carbocycles. The van der Waals surface area contributed by atoms with Crippen LogP contribution in [0.3, 0.4) is 0 Å². The third kappa shape index (κ3) is 3.47. The molecule has 1 fully saturated rings. The highest BCUT2D eigenvalue weighted by molar-refractivity contribution is 5.93. The average Bonchev–Trinajstić information content (AvgIpc) is 3.11. The number of hydrogen-bond acceptors (Lipinski definition) is 3. The summed E-state index contributed by atoms with van der Waals surface area (Å²) in [5.41, 5.74) is 0.848. The molecule has 1 amide bonds. The number of nitrogens with zero attached hydrogens (tertiary/aromatic N) is 3. The van der Waals surface area contributed by atoms with Crippen LogP contribution in [0, 0.1) is 0 Å². The summed E-state index contributed by atoms with van der Waals surface area (Å²) in [5, 5.41) is 7.21. The number of nitrogens with one attached hydrogen (secondary N) is 1. The van der Waals surface area contributed by atoms with E-state index in [9.17, 15) is 18.0 Å². The van der Waals surface area contributed by atoms with Crippen molar-refractivity contribution in [1.29, 1.82) is 0 Å². The lowest BCUT2D eigenvalue weighted by atomic mass is 9.97. The topological polar surface area (TPSA) is 50.2 Å². The maximum absolute atomic E-state index is 13.8. The van der Waals surface area contributed by atoms with Gasteiger partial charge in [-0.25, -0.2) is 4.68 Å². The molecule has 3 heterocycles. The highest BCUT2D eigenvalue weighted by Crippen LogP contribution is 2.43. The van der Waals surface area contributed by atoms with Crippen LogP contribution in [0.4, 0.5) is 19.0 Å². The Bertz CT molecular complexity index is 849. The number of likely N-dealkylation sites (tertiary alicyclic amines) is 1. The monoisotopic (exact) mass is 392 g/mol. The first-order chi connectivity index (χ1) is 13.3. The van der Waals surface area contributed by atoms with E-state index in [0.29, 0.717) is 6.54 Å². The summed E-state index contributed by atoms with van der Waals surface area (Å²) in [5.74, 6) is -0.0662. The first kappa shape index (κ1) is 18.8. The van der Waals surface area contributed by atoms with Crippen LogP contribution in [0.5, 0.6) is 0 Å². The molecule has 0 radical (unpaired) electrons. The number of hydrogen-bond donors (Lipinski definition) is 1. The van der Waals surface area contributed by atoms with Gasteiger partial charge in [-0.15, -0.1) is 0 Å². The fourth-order valence-electron chi connectivity index (χ4n) is 4.13. The Morgan fingerprint density at radius 3 is 2.64 bits per heavy atom. The minimum Gasteiger partial charge on any atom is -0.363 e. The van der Waals surface area contributed by atoms with Gasteiger partial charge in [-0.2, -0.15) is 18.3 Å². The molecule has 28 heavy (non-hydrogen) atoms. The van der Waals surface area contributed by atoms with Crippen molar-refractivity contribution >= 4 is 11.7 Å². The Hall–Kier alpha value is -2.51. The molecule has 1 N–H and O–H groups in total. The number of carbonyl (C=O) groups excluding carboxylic acids is 1. The Labute approximate surface area is 161 Å². The second-order valence-electron chi connectivity index (χ2n) is 7.60. The van der Waals surface area contributed by atoms with E-state index in [4.69, 9.17) is 0 Å². The van der Waals surface area contributed by atoms with Crippen molar-refractivity contribution in [1.82, 2.24) is 14.7 Å². The van der Waals surface area contributed by atoms with E-state index in [1.54, 1.807) is 29.2 Å². The van der Waals surface area contributed by atoms with Crippen molar-refractivity contribution in [3.8, 4) is 0 Å². The van der Waals surface area contributed by atoms with E-state index in [-0.39, 0.29) is 29.9 Å². The molecule has 8 heteroatoms. The molecular weight excluding hydrogens is 369 g/mol.